The Morgan fingerprint density at radius 1 is 1.18 bits per heavy atom. The minimum atomic E-state index is -0.253. The van der Waals surface area contributed by atoms with Crippen molar-refractivity contribution in [2.75, 3.05) is 26.3 Å². The SMILES string of the molecule is CCCCOCCNCC(=O)C1(c2ccccc2)CCCC1. The van der Waals surface area contributed by atoms with E-state index in [0.717, 1.165) is 51.7 Å². The third kappa shape index (κ3) is 4.40. The highest BCUT2D eigenvalue weighted by Gasteiger charge is 2.41. The minimum Gasteiger partial charge on any atom is -0.380 e. The molecule has 0 radical (unpaired) electrons. The number of Topliss-reactive ketones (excluding diaryl/α,β-unsaturated/α-hetero) is 1. The van der Waals surface area contributed by atoms with Crippen LogP contribution < -0.4 is 5.32 Å². The van der Waals surface area contributed by atoms with Crippen LogP contribution in [0.3, 0.4) is 0 Å². The van der Waals surface area contributed by atoms with E-state index in [9.17, 15) is 4.79 Å². The molecule has 0 unspecified atom stereocenters. The van der Waals surface area contributed by atoms with Crippen LogP contribution in [0.15, 0.2) is 30.3 Å². The lowest BCUT2D eigenvalue weighted by molar-refractivity contribution is -0.123. The fourth-order valence-corrected chi connectivity index (χ4v) is 3.33. The zero-order valence-corrected chi connectivity index (χ0v) is 13.8. The minimum absolute atomic E-state index is 0.253. The maximum Gasteiger partial charge on any atom is 0.157 e. The summed E-state index contributed by atoms with van der Waals surface area (Å²) in [5.74, 6) is 0.338. The van der Waals surface area contributed by atoms with Crippen LogP contribution in [0.1, 0.15) is 51.0 Å². The molecule has 0 heterocycles. The van der Waals surface area contributed by atoms with Crippen molar-refractivity contribution in [3.05, 3.63) is 35.9 Å². The van der Waals surface area contributed by atoms with Crippen molar-refractivity contribution in [2.45, 2.75) is 50.9 Å². The Morgan fingerprint density at radius 3 is 2.59 bits per heavy atom. The van der Waals surface area contributed by atoms with Crippen molar-refractivity contribution in [3.63, 3.8) is 0 Å². The Balaban J connectivity index is 1.81. The molecule has 0 aromatic heterocycles. The molecule has 0 saturated heterocycles. The summed E-state index contributed by atoms with van der Waals surface area (Å²) in [6.07, 6.45) is 6.55. The predicted octanol–water partition coefficient (Wildman–Crippen LogP) is 3.47. The number of rotatable bonds is 10. The molecule has 0 spiro atoms. The molecule has 0 amide bonds. The summed E-state index contributed by atoms with van der Waals surface area (Å²) in [6, 6.07) is 10.3. The third-order valence-corrected chi connectivity index (χ3v) is 4.67. The van der Waals surface area contributed by atoms with Crippen molar-refractivity contribution in [2.24, 2.45) is 0 Å². The predicted molar refractivity (Wildman–Crippen MR) is 90.2 cm³/mol. The molecular weight excluding hydrogens is 274 g/mol. The Kier molecular flexibility index (Phi) is 7.07. The van der Waals surface area contributed by atoms with E-state index >= 15 is 0 Å². The van der Waals surface area contributed by atoms with Gasteiger partial charge in [-0.05, 0) is 24.8 Å². The molecule has 3 nitrogen and oxygen atoms in total. The molecule has 1 N–H and O–H groups in total. The topological polar surface area (TPSA) is 38.3 Å². The quantitative estimate of drug-likeness (QED) is 0.673. The number of carbonyl (C=O) groups is 1. The molecule has 1 aromatic rings. The van der Waals surface area contributed by atoms with Crippen LogP contribution in [0.2, 0.25) is 0 Å². The van der Waals surface area contributed by atoms with Crippen LogP contribution in [0.5, 0.6) is 0 Å². The molecule has 1 aromatic carbocycles. The van der Waals surface area contributed by atoms with Crippen LogP contribution in [-0.4, -0.2) is 32.1 Å². The molecule has 0 atom stereocenters. The smallest absolute Gasteiger partial charge is 0.157 e. The Bertz CT molecular complexity index is 438. The Morgan fingerprint density at radius 2 is 1.91 bits per heavy atom. The molecule has 1 aliphatic rings. The van der Waals surface area contributed by atoms with Gasteiger partial charge in [-0.25, -0.2) is 0 Å². The van der Waals surface area contributed by atoms with Gasteiger partial charge in [-0.2, -0.15) is 0 Å². The van der Waals surface area contributed by atoms with E-state index in [1.807, 2.05) is 18.2 Å². The second kappa shape index (κ2) is 9.06. The number of ketones is 1. The summed E-state index contributed by atoms with van der Waals surface area (Å²) in [7, 11) is 0. The van der Waals surface area contributed by atoms with Crippen LogP contribution >= 0.6 is 0 Å². The zero-order chi connectivity index (χ0) is 15.7. The first-order valence-electron chi connectivity index (χ1n) is 8.67. The van der Waals surface area contributed by atoms with E-state index in [1.165, 1.54) is 5.56 Å². The number of hydrogen-bond donors (Lipinski definition) is 1. The van der Waals surface area contributed by atoms with Crippen LogP contribution in [0.25, 0.3) is 0 Å². The summed E-state index contributed by atoms with van der Waals surface area (Å²) in [5.41, 5.74) is 0.940. The molecule has 122 valence electrons. The van der Waals surface area contributed by atoms with E-state index in [-0.39, 0.29) is 5.41 Å². The fourth-order valence-electron chi connectivity index (χ4n) is 3.33. The molecule has 1 saturated carbocycles. The number of benzene rings is 1. The molecule has 22 heavy (non-hydrogen) atoms. The van der Waals surface area contributed by atoms with Gasteiger partial charge < -0.3 is 10.1 Å². The van der Waals surface area contributed by atoms with Gasteiger partial charge in [0, 0.05) is 13.2 Å². The Hall–Kier alpha value is -1.19. The largest absolute Gasteiger partial charge is 0.380 e. The second-order valence-corrected chi connectivity index (χ2v) is 6.22. The second-order valence-electron chi connectivity index (χ2n) is 6.22. The van der Waals surface area contributed by atoms with Gasteiger partial charge in [0.15, 0.2) is 5.78 Å². The zero-order valence-electron chi connectivity index (χ0n) is 13.8. The normalized spacial score (nSPS) is 16.8. The maximum atomic E-state index is 12.8. The highest BCUT2D eigenvalue weighted by atomic mass is 16.5. The summed E-state index contributed by atoms with van der Waals surface area (Å²) in [5, 5.41) is 3.26. The Labute approximate surface area is 134 Å². The van der Waals surface area contributed by atoms with E-state index in [0.29, 0.717) is 18.9 Å². The van der Waals surface area contributed by atoms with E-state index in [1.54, 1.807) is 0 Å². The fraction of sp³-hybridized carbons (Fsp3) is 0.632. The lowest BCUT2D eigenvalue weighted by atomic mass is 9.75. The maximum absolute atomic E-state index is 12.8. The first kappa shape index (κ1) is 17.2. The van der Waals surface area contributed by atoms with Gasteiger partial charge in [-0.15, -0.1) is 0 Å². The van der Waals surface area contributed by atoms with Gasteiger partial charge in [-0.1, -0.05) is 56.5 Å². The highest BCUT2D eigenvalue weighted by Crippen LogP contribution is 2.41. The standard InChI is InChI=1S/C19H29NO2/c1-2-3-14-22-15-13-20-16-18(21)19(11-7-8-12-19)17-9-5-4-6-10-17/h4-6,9-10,20H,2-3,7-8,11-16H2,1H3. The average Bonchev–Trinajstić information content (AvgIpc) is 3.06. The third-order valence-electron chi connectivity index (χ3n) is 4.67. The molecular formula is C19H29NO2. The summed E-state index contributed by atoms with van der Waals surface area (Å²) in [4.78, 5) is 12.8. The monoisotopic (exact) mass is 303 g/mol. The van der Waals surface area contributed by atoms with Gasteiger partial charge in [0.2, 0.25) is 0 Å². The highest BCUT2D eigenvalue weighted by molar-refractivity contribution is 5.92. The first-order chi connectivity index (χ1) is 10.8. The number of hydrogen-bond acceptors (Lipinski definition) is 3. The van der Waals surface area contributed by atoms with Gasteiger partial charge in [0.1, 0.15) is 0 Å². The van der Waals surface area contributed by atoms with Crippen molar-refractivity contribution in [1.82, 2.24) is 5.32 Å². The van der Waals surface area contributed by atoms with Crippen molar-refractivity contribution in [3.8, 4) is 0 Å². The molecule has 1 fully saturated rings. The van der Waals surface area contributed by atoms with Gasteiger partial charge in [-0.3, -0.25) is 4.79 Å². The molecule has 1 aliphatic carbocycles. The number of unbranched alkanes of at least 4 members (excludes halogenated alkanes) is 1. The summed E-state index contributed by atoms with van der Waals surface area (Å²) < 4.78 is 5.52. The van der Waals surface area contributed by atoms with E-state index in [2.05, 4.69) is 24.4 Å². The first-order valence-corrected chi connectivity index (χ1v) is 8.67. The molecule has 2 rings (SSSR count). The summed E-state index contributed by atoms with van der Waals surface area (Å²) >= 11 is 0. The van der Waals surface area contributed by atoms with Gasteiger partial charge >= 0.3 is 0 Å². The van der Waals surface area contributed by atoms with Gasteiger partial charge in [0.25, 0.3) is 0 Å². The average molecular weight is 303 g/mol. The molecule has 0 aliphatic heterocycles. The van der Waals surface area contributed by atoms with Gasteiger partial charge in [0.05, 0.1) is 18.6 Å². The van der Waals surface area contributed by atoms with Crippen LogP contribution in [-0.2, 0) is 14.9 Å². The van der Waals surface area contributed by atoms with Crippen molar-refractivity contribution in [1.29, 1.82) is 0 Å². The number of carbonyl (C=O) groups excluding carboxylic acids is 1. The van der Waals surface area contributed by atoms with Crippen LogP contribution in [0, 0.1) is 0 Å². The summed E-state index contributed by atoms with van der Waals surface area (Å²) in [6.45, 7) is 4.86. The van der Waals surface area contributed by atoms with Crippen molar-refractivity contribution < 1.29 is 9.53 Å². The molecule has 0 bridgehead atoms. The number of nitrogens with one attached hydrogen (secondary N) is 1. The molecule has 3 heteroatoms. The lowest BCUT2D eigenvalue weighted by Crippen LogP contribution is -2.40. The van der Waals surface area contributed by atoms with E-state index in [4.69, 9.17) is 4.74 Å². The number of ether oxygens (including phenoxy) is 1. The van der Waals surface area contributed by atoms with E-state index < -0.39 is 0 Å². The lowest BCUT2D eigenvalue weighted by Gasteiger charge is -2.28. The van der Waals surface area contributed by atoms with Crippen molar-refractivity contribution >= 4 is 5.78 Å². The van der Waals surface area contributed by atoms with Crippen LogP contribution in [0.4, 0.5) is 0 Å².